The van der Waals surface area contributed by atoms with E-state index in [1.807, 2.05) is 11.8 Å². The van der Waals surface area contributed by atoms with Crippen LogP contribution in [0.2, 0.25) is 0 Å². The van der Waals surface area contributed by atoms with Crippen molar-refractivity contribution in [3.8, 4) is 0 Å². The van der Waals surface area contributed by atoms with Crippen LogP contribution in [0.4, 0.5) is 0 Å². The van der Waals surface area contributed by atoms with Crippen LogP contribution in [0.1, 0.15) is 55.9 Å². The number of nitrogens with zero attached hydrogens (tertiary/aromatic N) is 2. The van der Waals surface area contributed by atoms with E-state index in [0.29, 0.717) is 5.92 Å². The lowest BCUT2D eigenvalue weighted by atomic mass is 9.98. The average molecular weight is 308 g/mol. The number of rotatable bonds is 9. The molecule has 1 aliphatic rings. The predicted octanol–water partition coefficient (Wildman–Crippen LogP) is 3.67. The maximum Gasteiger partial charge on any atom is 0.138 e. The van der Waals surface area contributed by atoms with E-state index in [9.17, 15) is 0 Å². The number of thioether (sulfide) groups is 1. The van der Waals surface area contributed by atoms with Crippen molar-refractivity contribution in [3.63, 3.8) is 0 Å². The van der Waals surface area contributed by atoms with E-state index in [0.717, 1.165) is 30.6 Å². The summed E-state index contributed by atoms with van der Waals surface area (Å²) in [6, 6.07) is 0.795. The number of hydrogen-bond donors (Lipinski definition) is 1. The van der Waals surface area contributed by atoms with Crippen LogP contribution in [0.15, 0.2) is 0 Å². The molecule has 0 saturated heterocycles. The first-order valence-corrected chi connectivity index (χ1v) is 9.39. The number of hydrogen-bond acceptors (Lipinski definition) is 4. The summed E-state index contributed by atoms with van der Waals surface area (Å²) in [5.41, 5.74) is 3.70. The molecule has 1 fully saturated rings. The minimum Gasteiger partial charge on any atom is -0.314 e. The minimum atomic E-state index is 0.645. The van der Waals surface area contributed by atoms with Gasteiger partial charge in [-0.1, -0.05) is 13.8 Å². The lowest BCUT2D eigenvalue weighted by Crippen LogP contribution is -2.25. The van der Waals surface area contributed by atoms with Gasteiger partial charge >= 0.3 is 0 Å². The van der Waals surface area contributed by atoms with Crippen molar-refractivity contribution < 1.29 is 0 Å². The first-order chi connectivity index (χ1) is 10.1. The summed E-state index contributed by atoms with van der Waals surface area (Å²) in [5.74, 6) is 3.77. The largest absolute Gasteiger partial charge is 0.314 e. The molecule has 118 valence electrons. The van der Waals surface area contributed by atoms with Crippen molar-refractivity contribution in [3.05, 3.63) is 22.8 Å². The molecule has 0 spiro atoms. The molecule has 1 heterocycles. The van der Waals surface area contributed by atoms with Crippen molar-refractivity contribution in [1.29, 1.82) is 0 Å². The van der Waals surface area contributed by atoms with Gasteiger partial charge in [-0.05, 0) is 63.3 Å². The molecule has 1 atom stereocenters. The van der Waals surface area contributed by atoms with Crippen LogP contribution in [0.25, 0.3) is 0 Å². The number of aryl methyl sites for hydroxylation is 2. The fourth-order valence-corrected chi connectivity index (χ4v) is 3.30. The smallest absolute Gasteiger partial charge is 0.138 e. The topological polar surface area (TPSA) is 37.8 Å². The second-order valence-electron chi connectivity index (χ2n) is 6.33. The minimum absolute atomic E-state index is 0.645. The number of nitrogens with one attached hydrogen (secondary N) is 1. The summed E-state index contributed by atoms with van der Waals surface area (Å²) in [7, 11) is 0. The first kappa shape index (κ1) is 16.8. The third-order valence-corrected chi connectivity index (χ3v) is 5.09. The van der Waals surface area contributed by atoms with Gasteiger partial charge in [-0.2, -0.15) is 11.8 Å². The highest BCUT2D eigenvalue weighted by atomic mass is 32.2. The second kappa shape index (κ2) is 8.14. The van der Waals surface area contributed by atoms with Gasteiger partial charge in [0.25, 0.3) is 0 Å². The first-order valence-electron chi connectivity index (χ1n) is 8.24. The second-order valence-corrected chi connectivity index (χ2v) is 7.44. The van der Waals surface area contributed by atoms with E-state index >= 15 is 0 Å². The highest BCUT2D eigenvalue weighted by Crippen LogP contribution is 2.21. The Labute approximate surface area is 133 Å². The fourth-order valence-electron chi connectivity index (χ4n) is 2.55. The van der Waals surface area contributed by atoms with Gasteiger partial charge in [0.15, 0.2) is 0 Å². The van der Waals surface area contributed by atoms with Gasteiger partial charge in [-0.25, -0.2) is 9.97 Å². The third-order valence-electron chi connectivity index (χ3n) is 3.93. The Morgan fingerprint density at radius 1 is 1.24 bits per heavy atom. The van der Waals surface area contributed by atoms with Gasteiger partial charge in [0.2, 0.25) is 0 Å². The molecule has 1 N–H and O–H groups in total. The lowest BCUT2D eigenvalue weighted by molar-refractivity contribution is 0.505. The molecule has 0 bridgehead atoms. The molecule has 1 aromatic heterocycles. The fraction of sp³-hybridized carbons (Fsp3) is 0.765. The Balaban J connectivity index is 1.91. The molecule has 0 aromatic carbocycles. The summed E-state index contributed by atoms with van der Waals surface area (Å²) in [6.45, 7) is 9.92. The highest BCUT2D eigenvalue weighted by molar-refractivity contribution is 7.98. The van der Waals surface area contributed by atoms with E-state index < -0.39 is 0 Å². The molecule has 0 radical (unpaired) electrons. The van der Waals surface area contributed by atoms with E-state index in [-0.39, 0.29) is 0 Å². The summed E-state index contributed by atoms with van der Waals surface area (Å²) < 4.78 is 0. The van der Waals surface area contributed by atoms with Crippen LogP contribution in [-0.4, -0.2) is 28.3 Å². The van der Waals surface area contributed by atoms with Crippen molar-refractivity contribution in [2.45, 2.75) is 65.2 Å². The van der Waals surface area contributed by atoms with Crippen LogP contribution < -0.4 is 5.32 Å². The van der Waals surface area contributed by atoms with Gasteiger partial charge in [0.1, 0.15) is 5.82 Å². The van der Waals surface area contributed by atoms with Crippen molar-refractivity contribution in [1.82, 2.24) is 15.3 Å². The molecule has 3 nitrogen and oxygen atoms in total. The van der Waals surface area contributed by atoms with Crippen LogP contribution in [-0.2, 0) is 12.2 Å². The van der Waals surface area contributed by atoms with Crippen LogP contribution >= 0.6 is 11.8 Å². The van der Waals surface area contributed by atoms with E-state index in [1.165, 1.54) is 42.0 Å². The van der Waals surface area contributed by atoms with Crippen LogP contribution in [0.5, 0.6) is 0 Å². The Bertz CT molecular complexity index is 434. The zero-order valence-electron chi connectivity index (χ0n) is 13.9. The zero-order valence-corrected chi connectivity index (χ0v) is 14.7. The standard InChI is InChI=1S/C17H29N3S/c1-5-8-21-11-17-19-13(3)16(14(4)20-17)9-12(2)10-18-15-6-7-15/h12,15,18H,5-11H2,1-4H3. The third kappa shape index (κ3) is 5.59. The molecule has 0 aliphatic heterocycles. The van der Waals surface area contributed by atoms with Crippen LogP contribution in [0, 0.1) is 19.8 Å². The molecule has 1 unspecified atom stereocenters. The van der Waals surface area contributed by atoms with Gasteiger partial charge < -0.3 is 5.32 Å². The van der Waals surface area contributed by atoms with E-state index in [4.69, 9.17) is 9.97 Å². The molecule has 0 amide bonds. The van der Waals surface area contributed by atoms with Gasteiger partial charge in [-0.15, -0.1) is 0 Å². The Morgan fingerprint density at radius 2 is 1.90 bits per heavy atom. The molecule has 1 saturated carbocycles. The van der Waals surface area contributed by atoms with Gasteiger partial charge in [0.05, 0.1) is 5.75 Å². The zero-order chi connectivity index (χ0) is 15.2. The monoisotopic (exact) mass is 307 g/mol. The Morgan fingerprint density at radius 3 is 2.48 bits per heavy atom. The number of aromatic nitrogens is 2. The van der Waals surface area contributed by atoms with E-state index in [1.54, 1.807) is 0 Å². The lowest BCUT2D eigenvalue weighted by Gasteiger charge is -2.16. The summed E-state index contributed by atoms with van der Waals surface area (Å²) >= 11 is 1.93. The quantitative estimate of drug-likeness (QED) is 0.706. The normalized spacial score (nSPS) is 16.2. The summed E-state index contributed by atoms with van der Waals surface area (Å²) in [5, 5.41) is 3.62. The molecule has 1 aliphatic carbocycles. The molecular formula is C17H29N3S. The summed E-state index contributed by atoms with van der Waals surface area (Å²) in [6.07, 6.45) is 5.02. The molecular weight excluding hydrogens is 278 g/mol. The average Bonchev–Trinajstić information content (AvgIpc) is 3.25. The van der Waals surface area contributed by atoms with Gasteiger partial charge in [0, 0.05) is 17.4 Å². The molecule has 1 aromatic rings. The summed E-state index contributed by atoms with van der Waals surface area (Å²) in [4.78, 5) is 9.43. The maximum atomic E-state index is 4.71. The highest BCUT2D eigenvalue weighted by Gasteiger charge is 2.21. The predicted molar refractivity (Wildman–Crippen MR) is 91.9 cm³/mol. The molecule has 21 heavy (non-hydrogen) atoms. The van der Waals surface area contributed by atoms with Crippen molar-refractivity contribution >= 4 is 11.8 Å². The molecule has 4 heteroatoms. The molecule has 2 rings (SSSR count). The Hall–Kier alpha value is -0.610. The van der Waals surface area contributed by atoms with Gasteiger partial charge in [-0.3, -0.25) is 0 Å². The van der Waals surface area contributed by atoms with E-state index in [2.05, 4.69) is 33.0 Å². The SMILES string of the molecule is CCCSCc1nc(C)c(CC(C)CNC2CC2)c(C)n1. The van der Waals surface area contributed by atoms with Crippen molar-refractivity contribution in [2.75, 3.05) is 12.3 Å². The Kier molecular flexibility index (Phi) is 6.49. The van der Waals surface area contributed by atoms with Crippen molar-refractivity contribution in [2.24, 2.45) is 5.92 Å². The van der Waals surface area contributed by atoms with Crippen LogP contribution in [0.3, 0.4) is 0 Å². The maximum absolute atomic E-state index is 4.71.